The molecule has 0 radical (unpaired) electrons. The summed E-state index contributed by atoms with van der Waals surface area (Å²) in [5, 5.41) is 0. The molecule has 1 saturated heterocycles. The van der Waals surface area contributed by atoms with Crippen molar-refractivity contribution in [2.45, 2.75) is 12.8 Å². The molecule has 4 heteroatoms. The average Bonchev–Trinajstić information content (AvgIpc) is 2.30. The van der Waals surface area contributed by atoms with Crippen LogP contribution in [-0.4, -0.2) is 41.6 Å². The monoisotopic (exact) mass is 207 g/mol. The van der Waals surface area contributed by atoms with E-state index in [4.69, 9.17) is 4.74 Å². The second-order valence-corrected chi connectivity index (χ2v) is 4.09. The molecule has 82 valence electrons. The van der Waals surface area contributed by atoms with Gasteiger partial charge in [-0.2, -0.15) is 0 Å². The molecule has 0 bridgehead atoms. The van der Waals surface area contributed by atoms with Gasteiger partial charge in [0.25, 0.3) is 0 Å². The summed E-state index contributed by atoms with van der Waals surface area (Å²) in [5.41, 5.74) is 0. The van der Waals surface area contributed by atoms with E-state index in [0.29, 0.717) is 11.9 Å². The Bertz CT molecular complexity index is 283. The van der Waals surface area contributed by atoms with Gasteiger partial charge in [0, 0.05) is 12.4 Å². The Morgan fingerprint density at radius 1 is 1.33 bits per heavy atom. The Hall–Kier alpha value is -1.16. The predicted molar refractivity (Wildman–Crippen MR) is 57.7 cm³/mol. The molecule has 0 saturated carbocycles. The van der Waals surface area contributed by atoms with E-state index in [0.717, 1.165) is 6.61 Å². The predicted octanol–water partition coefficient (Wildman–Crippen LogP) is 1.20. The maximum Gasteiger partial charge on any atom is 0.316 e. The third-order valence-corrected chi connectivity index (χ3v) is 2.83. The lowest BCUT2D eigenvalue weighted by Gasteiger charge is -2.28. The Balaban J connectivity index is 1.74. The standard InChI is InChI=1S/C11H17N3O/c1-14-7-3-10(4-8-14)9-15-11-12-5-2-6-13-11/h2,5-6,10H,3-4,7-9H2,1H3. The number of nitrogens with zero attached hydrogens (tertiary/aromatic N) is 3. The minimum absolute atomic E-state index is 0.497. The third kappa shape index (κ3) is 3.16. The van der Waals surface area contributed by atoms with Crippen molar-refractivity contribution in [3.63, 3.8) is 0 Å². The van der Waals surface area contributed by atoms with Crippen molar-refractivity contribution in [1.29, 1.82) is 0 Å². The van der Waals surface area contributed by atoms with Gasteiger partial charge in [0.05, 0.1) is 6.61 Å². The molecule has 0 aliphatic carbocycles. The minimum atomic E-state index is 0.497. The Morgan fingerprint density at radius 3 is 2.67 bits per heavy atom. The molecule has 1 aliphatic heterocycles. The molecule has 1 aromatic rings. The van der Waals surface area contributed by atoms with Gasteiger partial charge in [0.1, 0.15) is 0 Å². The fourth-order valence-corrected chi connectivity index (χ4v) is 1.78. The maximum atomic E-state index is 5.54. The van der Waals surface area contributed by atoms with Gasteiger partial charge >= 0.3 is 6.01 Å². The van der Waals surface area contributed by atoms with Gasteiger partial charge in [-0.3, -0.25) is 0 Å². The lowest BCUT2D eigenvalue weighted by atomic mass is 9.98. The van der Waals surface area contributed by atoms with Crippen LogP contribution >= 0.6 is 0 Å². The van der Waals surface area contributed by atoms with Gasteiger partial charge < -0.3 is 9.64 Å². The van der Waals surface area contributed by atoms with Crippen molar-refractivity contribution in [1.82, 2.24) is 14.9 Å². The van der Waals surface area contributed by atoms with Crippen molar-refractivity contribution >= 4 is 0 Å². The molecule has 2 heterocycles. The number of aromatic nitrogens is 2. The van der Waals surface area contributed by atoms with Crippen molar-refractivity contribution < 1.29 is 4.74 Å². The summed E-state index contributed by atoms with van der Waals surface area (Å²) >= 11 is 0. The van der Waals surface area contributed by atoms with Crippen LogP contribution in [0.4, 0.5) is 0 Å². The lowest BCUT2D eigenvalue weighted by Crippen LogP contribution is -2.32. The number of hydrogen-bond donors (Lipinski definition) is 0. The molecule has 0 N–H and O–H groups in total. The maximum absolute atomic E-state index is 5.54. The van der Waals surface area contributed by atoms with E-state index in [9.17, 15) is 0 Å². The van der Waals surface area contributed by atoms with Gasteiger partial charge in [0.2, 0.25) is 0 Å². The van der Waals surface area contributed by atoms with Crippen molar-refractivity contribution in [3.8, 4) is 6.01 Å². The summed E-state index contributed by atoms with van der Waals surface area (Å²) in [7, 11) is 2.16. The second kappa shape index (κ2) is 5.07. The molecule has 2 rings (SSSR count). The van der Waals surface area contributed by atoms with Crippen LogP contribution in [0.5, 0.6) is 6.01 Å². The highest BCUT2D eigenvalue weighted by Gasteiger charge is 2.17. The lowest BCUT2D eigenvalue weighted by molar-refractivity contribution is 0.153. The van der Waals surface area contributed by atoms with E-state index in [-0.39, 0.29) is 0 Å². The van der Waals surface area contributed by atoms with E-state index in [1.165, 1.54) is 25.9 Å². The van der Waals surface area contributed by atoms with Crippen LogP contribution in [0, 0.1) is 5.92 Å². The number of piperidine rings is 1. The van der Waals surface area contributed by atoms with Crippen LogP contribution in [0.3, 0.4) is 0 Å². The van der Waals surface area contributed by atoms with Crippen LogP contribution in [0.1, 0.15) is 12.8 Å². The van der Waals surface area contributed by atoms with E-state index in [2.05, 4.69) is 21.9 Å². The molecule has 4 nitrogen and oxygen atoms in total. The first-order valence-corrected chi connectivity index (χ1v) is 5.43. The van der Waals surface area contributed by atoms with Crippen LogP contribution in [0.25, 0.3) is 0 Å². The molecule has 0 spiro atoms. The van der Waals surface area contributed by atoms with Gasteiger partial charge in [-0.25, -0.2) is 9.97 Å². The number of likely N-dealkylation sites (tertiary alicyclic amines) is 1. The highest BCUT2D eigenvalue weighted by Crippen LogP contribution is 2.16. The van der Waals surface area contributed by atoms with Gasteiger partial charge in [-0.15, -0.1) is 0 Å². The van der Waals surface area contributed by atoms with Crippen molar-refractivity contribution in [3.05, 3.63) is 18.5 Å². The molecule has 1 aromatic heterocycles. The quantitative estimate of drug-likeness (QED) is 0.746. The Kier molecular flexibility index (Phi) is 3.50. The van der Waals surface area contributed by atoms with Crippen molar-refractivity contribution in [2.24, 2.45) is 5.92 Å². The molecule has 0 aromatic carbocycles. The van der Waals surface area contributed by atoms with E-state index in [1.54, 1.807) is 18.5 Å². The first kappa shape index (κ1) is 10.4. The van der Waals surface area contributed by atoms with Gasteiger partial charge in [-0.05, 0) is 45.0 Å². The van der Waals surface area contributed by atoms with Gasteiger partial charge in [-0.1, -0.05) is 0 Å². The summed E-state index contributed by atoms with van der Waals surface area (Å²) < 4.78 is 5.54. The molecule has 15 heavy (non-hydrogen) atoms. The molecule has 0 amide bonds. The zero-order valence-corrected chi connectivity index (χ0v) is 9.09. The summed E-state index contributed by atoms with van der Waals surface area (Å²) in [6.07, 6.45) is 5.83. The number of hydrogen-bond acceptors (Lipinski definition) is 4. The summed E-state index contributed by atoms with van der Waals surface area (Å²) in [6.45, 7) is 3.09. The largest absolute Gasteiger partial charge is 0.463 e. The van der Waals surface area contributed by atoms with Crippen molar-refractivity contribution in [2.75, 3.05) is 26.7 Å². The SMILES string of the molecule is CN1CCC(COc2ncccn2)CC1. The molecular weight excluding hydrogens is 190 g/mol. The van der Waals surface area contributed by atoms with E-state index in [1.807, 2.05) is 0 Å². The normalized spacial score (nSPS) is 19.0. The molecule has 0 atom stereocenters. The fourth-order valence-electron chi connectivity index (χ4n) is 1.78. The summed E-state index contributed by atoms with van der Waals surface area (Å²) in [6, 6.07) is 2.29. The Labute approximate surface area is 90.3 Å². The van der Waals surface area contributed by atoms with Crippen LogP contribution in [0.2, 0.25) is 0 Å². The van der Waals surface area contributed by atoms with E-state index < -0.39 is 0 Å². The van der Waals surface area contributed by atoms with Gasteiger partial charge in [0.15, 0.2) is 0 Å². The first-order chi connectivity index (χ1) is 7.34. The summed E-state index contributed by atoms with van der Waals surface area (Å²) in [4.78, 5) is 10.4. The zero-order valence-electron chi connectivity index (χ0n) is 9.09. The topological polar surface area (TPSA) is 38.2 Å². The molecule has 1 fully saturated rings. The van der Waals surface area contributed by atoms with E-state index >= 15 is 0 Å². The van der Waals surface area contributed by atoms with Crippen LogP contribution in [-0.2, 0) is 0 Å². The summed E-state index contributed by atoms with van der Waals surface area (Å²) in [5.74, 6) is 0.657. The highest BCUT2D eigenvalue weighted by molar-refractivity contribution is 4.93. The number of ether oxygens (including phenoxy) is 1. The zero-order chi connectivity index (χ0) is 10.5. The number of rotatable bonds is 3. The smallest absolute Gasteiger partial charge is 0.316 e. The molecular formula is C11H17N3O. The molecule has 1 aliphatic rings. The van der Waals surface area contributed by atoms with Crippen LogP contribution < -0.4 is 4.74 Å². The molecule has 0 unspecified atom stereocenters. The fraction of sp³-hybridized carbons (Fsp3) is 0.636. The second-order valence-electron chi connectivity index (χ2n) is 4.09. The highest BCUT2D eigenvalue weighted by atomic mass is 16.5. The minimum Gasteiger partial charge on any atom is -0.463 e. The average molecular weight is 207 g/mol. The first-order valence-electron chi connectivity index (χ1n) is 5.43. The van der Waals surface area contributed by atoms with Crippen LogP contribution in [0.15, 0.2) is 18.5 Å². The Morgan fingerprint density at radius 2 is 2.00 bits per heavy atom. The third-order valence-electron chi connectivity index (χ3n) is 2.83.